The Morgan fingerprint density at radius 1 is 1.04 bits per heavy atom. The lowest BCUT2D eigenvalue weighted by Crippen LogP contribution is -2.29. The van der Waals surface area contributed by atoms with Crippen molar-refractivity contribution in [3.05, 3.63) is 71.3 Å². The average molecular weight is 403 g/mol. The summed E-state index contributed by atoms with van der Waals surface area (Å²) in [6.07, 6.45) is 0. The molecule has 0 aliphatic heterocycles. The van der Waals surface area contributed by atoms with Crippen LogP contribution in [-0.4, -0.2) is 24.5 Å². The van der Waals surface area contributed by atoms with Crippen molar-refractivity contribution < 1.29 is 13.2 Å². The molecular weight excluding hydrogens is 384 g/mol. The molecule has 1 aromatic heterocycles. The Labute approximate surface area is 161 Å². The molecule has 3 aromatic rings. The second-order valence-electron chi connectivity index (χ2n) is 5.93. The molecule has 27 heavy (non-hydrogen) atoms. The lowest BCUT2D eigenvalue weighted by Gasteiger charge is -2.19. The van der Waals surface area contributed by atoms with E-state index in [2.05, 4.69) is 20.2 Å². The Bertz CT molecular complexity index is 1050. The number of anilines is 1. The number of hydrogen-bond donors (Lipinski definition) is 2. The highest BCUT2D eigenvalue weighted by molar-refractivity contribution is 7.91. The Balaban J connectivity index is 1.96. The zero-order chi connectivity index (χ0) is 19.4. The van der Waals surface area contributed by atoms with Crippen molar-refractivity contribution in [1.29, 1.82) is 0 Å². The minimum atomic E-state index is -3.94. The second kappa shape index (κ2) is 7.95. The van der Waals surface area contributed by atoms with Gasteiger partial charge in [0.25, 0.3) is 10.0 Å². The van der Waals surface area contributed by atoms with Gasteiger partial charge in [-0.05, 0) is 18.1 Å². The van der Waals surface area contributed by atoms with Gasteiger partial charge in [-0.25, -0.2) is 8.42 Å². The summed E-state index contributed by atoms with van der Waals surface area (Å²) >= 11 is 0.799. The maximum atomic E-state index is 12.9. The van der Waals surface area contributed by atoms with E-state index in [0.717, 1.165) is 28.0 Å². The van der Waals surface area contributed by atoms with Crippen LogP contribution >= 0.6 is 11.3 Å². The van der Waals surface area contributed by atoms with E-state index in [-0.39, 0.29) is 15.4 Å². The summed E-state index contributed by atoms with van der Waals surface area (Å²) in [5.41, 5.74) is 2.64. The highest BCUT2D eigenvalue weighted by atomic mass is 32.2. The lowest BCUT2D eigenvalue weighted by molar-refractivity contribution is -0.114. The van der Waals surface area contributed by atoms with E-state index >= 15 is 0 Å². The van der Waals surface area contributed by atoms with Gasteiger partial charge in [-0.2, -0.15) is 4.72 Å². The molecule has 0 saturated heterocycles. The SMILES string of the molecule is CC(=O)Nc1nnc(S(=O)(=O)N[C@@H](c2ccccc2)c2cccc(C)c2)s1. The first-order chi connectivity index (χ1) is 12.8. The Hall–Kier alpha value is -2.62. The molecule has 1 amide bonds. The number of rotatable bonds is 6. The third kappa shape index (κ3) is 4.76. The molecule has 1 heterocycles. The summed E-state index contributed by atoms with van der Waals surface area (Å²) in [5.74, 6) is -0.343. The van der Waals surface area contributed by atoms with Crippen molar-refractivity contribution in [2.45, 2.75) is 24.2 Å². The van der Waals surface area contributed by atoms with E-state index in [1.54, 1.807) is 0 Å². The van der Waals surface area contributed by atoms with Gasteiger partial charge in [0.05, 0.1) is 6.04 Å². The third-order valence-electron chi connectivity index (χ3n) is 3.70. The summed E-state index contributed by atoms with van der Waals surface area (Å²) in [7, 11) is -3.94. The fraction of sp³-hybridized carbons (Fsp3) is 0.167. The molecule has 0 aliphatic carbocycles. The monoisotopic (exact) mass is 402 g/mol. The molecule has 2 aromatic carbocycles. The predicted molar refractivity (Wildman–Crippen MR) is 104 cm³/mol. The molecule has 140 valence electrons. The van der Waals surface area contributed by atoms with Crippen LogP contribution in [0.15, 0.2) is 58.9 Å². The van der Waals surface area contributed by atoms with Crippen molar-refractivity contribution in [3.8, 4) is 0 Å². The maximum absolute atomic E-state index is 12.9. The number of nitrogens with zero attached hydrogens (tertiary/aromatic N) is 2. The largest absolute Gasteiger partial charge is 0.301 e. The lowest BCUT2D eigenvalue weighted by atomic mass is 9.98. The summed E-state index contributed by atoms with van der Waals surface area (Å²) < 4.78 is 28.2. The van der Waals surface area contributed by atoms with Gasteiger partial charge < -0.3 is 5.32 Å². The Morgan fingerprint density at radius 2 is 1.74 bits per heavy atom. The molecule has 0 fully saturated rings. The van der Waals surface area contributed by atoms with Crippen LogP contribution in [-0.2, 0) is 14.8 Å². The van der Waals surface area contributed by atoms with Crippen LogP contribution in [0.2, 0.25) is 0 Å². The van der Waals surface area contributed by atoms with Gasteiger partial charge in [0.2, 0.25) is 15.4 Å². The molecule has 3 rings (SSSR count). The predicted octanol–water partition coefficient (Wildman–Crippen LogP) is 2.87. The van der Waals surface area contributed by atoms with Crippen LogP contribution in [0.1, 0.15) is 29.7 Å². The molecular formula is C18H18N4O3S2. The average Bonchev–Trinajstić information content (AvgIpc) is 3.09. The van der Waals surface area contributed by atoms with Crippen LogP contribution in [0.3, 0.4) is 0 Å². The molecule has 0 unspecified atom stereocenters. The number of nitrogens with one attached hydrogen (secondary N) is 2. The standard InChI is InChI=1S/C18H18N4O3S2/c1-12-7-6-10-15(11-12)16(14-8-4-3-5-9-14)22-27(24,25)18-21-20-17(26-18)19-13(2)23/h3-11,16,22H,1-2H3,(H,19,20,23)/t16-/m0/s1. The maximum Gasteiger partial charge on any atom is 0.270 e. The number of carbonyl (C=O) groups excluding carboxylic acids is 1. The van der Waals surface area contributed by atoms with Crippen LogP contribution in [0.25, 0.3) is 0 Å². The summed E-state index contributed by atoms with van der Waals surface area (Å²) in [6.45, 7) is 3.27. The fourth-order valence-electron chi connectivity index (χ4n) is 2.55. The van der Waals surface area contributed by atoms with Gasteiger partial charge in [-0.3, -0.25) is 4.79 Å². The van der Waals surface area contributed by atoms with Gasteiger partial charge in [-0.15, -0.1) is 10.2 Å². The van der Waals surface area contributed by atoms with E-state index in [1.807, 2.05) is 61.5 Å². The summed E-state index contributed by atoms with van der Waals surface area (Å²) in [4.78, 5) is 11.1. The number of sulfonamides is 1. The van der Waals surface area contributed by atoms with Gasteiger partial charge in [0, 0.05) is 6.92 Å². The Kier molecular flexibility index (Phi) is 5.64. The quantitative estimate of drug-likeness (QED) is 0.618. The van der Waals surface area contributed by atoms with E-state index < -0.39 is 16.1 Å². The Morgan fingerprint density at radius 3 is 2.41 bits per heavy atom. The summed E-state index contributed by atoms with van der Waals surface area (Å²) in [6, 6.07) is 16.4. The molecule has 9 heteroatoms. The molecule has 1 atom stereocenters. The van der Waals surface area contributed by atoms with Crippen molar-refractivity contribution in [2.75, 3.05) is 5.32 Å². The summed E-state index contributed by atoms with van der Waals surface area (Å²) in [5, 5.41) is 9.98. The first-order valence-corrected chi connectivity index (χ1v) is 10.4. The number of benzene rings is 2. The topological polar surface area (TPSA) is 101 Å². The highest BCUT2D eigenvalue weighted by Crippen LogP contribution is 2.27. The number of aryl methyl sites for hydroxylation is 1. The van der Waals surface area contributed by atoms with E-state index in [9.17, 15) is 13.2 Å². The van der Waals surface area contributed by atoms with Crippen molar-refractivity contribution in [3.63, 3.8) is 0 Å². The molecule has 0 radical (unpaired) electrons. The van der Waals surface area contributed by atoms with Crippen LogP contribution in [0.4, 0.5) is 5.13 Å². The minimum Gasteiger partial charge on any atom is -0.301 e. The second-order valence-corrected chi connectivity index (χ2v) is 8.80. The van der Waals surface area contributed by atoms with Gasteiger partial charge in [0.15, 0.2) is 0 Å². The van der Waals surface area contributed by atoms with Crippen LogP contribution < -0.4 is 10.0 Å². The normalized spacial score (nSPS) is 12.5. The zero-order valence-electron chi connectivity index (χ0n) is 14.7. The molecule has 2 N–H and O–H groups in total. The number of hydrogen-bond acceptors (Lipinski definition) is 6. The fourth-order valence-corrected chi connectivity index (χ4v) is 4.72. The molecule has 7 nitrogen and oxygen atoms in total. The first-order valence-electron chi connectivity index (χ1n) is 8.10. The minimum absolute atomic E-state index is 0.134. The van der Waals surface area contributed by atoms with Crippen molar-refractivity contribution >= 4 is 32.4 Å². The van der Waals surface area contributed by atoms with Gasteiger partial charge >= 0.3 is 0 Å². The van der Waals surface area contributed by atoms with E-state index in [4.69, 9.17) is 0 Å². The molecule has 0 aliphatic rings. The van der Waals surface area contributed by atoms with Gasteiger partial charge in [-0.1, -0.05) is 71.5 Å². The van der Waals surface area contributed by atoms with Crippen molar-refractivity contribution in [1.82, 2.24) is 14.9 Å². The highest BCUT2D eigenvalue weighted by Gasteiger charge is 2.26. The number of aromatic nitrogens is 2. The first kappa shape index (κ1) is 19.2. The molecule has 0 spiro atoms. The molecule has 0 bridgehead atoms. The van der Waals surface area contributed by atoms with Gasteiger partial charge in [0.1, 0.15) is 0 Å². The number of carbonyl (C=O) groups is 1. The third-order valence-corrected chi connectivity index (χ3v) is 6.33. The molecule has 0 saturated carbocycles. The smallest absolute Gasteiger partial charge is 0.270 e. The van der Waals surface area contributed by atoms with E-state index in [1.165, 1.54) is 6.92 Å². The number of amides is 1. The van der Waals surface area contributed by atoms with Crippen LogP contribution in [0.5, 0.6) is 0 Å². The zero-order valence-corrected chi connectivity index (χ0v) is 16.3. The van der Waals surface area contributed by atoms with Crippen molar-refractivity contribution in [2.24, 2.45) is 0 Å². The van der Waals surface area contributed by atoms with Crippen LogP contribution in [0, 0.1) is 6.92 Å². The van der Waals surface area contributed by atoms with E-state index in [0.29, 0.717) is 0 Å².